The fourth-order valence-corrected chi connectivity index (χ4v) is 1.47. The van der Waals surface area contributed by atoms with Crippen molar-refractivity contribution in [2.45, 2.75) is 53.1 Å². The smallest absolute Gasteiger partial charge is 0.0647 e. The number of rotatable bonds is 4. The first kappa shape index (κ1) is 11.0. The number of aliphatic hydroxyl groups is 1. The summed E-state index contributed by atoms with van der Waals surface area (Å²) in [7, 11) is 0. The normalized spacial score (nSPS) is 19.9. The molecule has 0 aliphatic heterocycles. The zero-order chi connectivity index (χ0) is 9.07. The molecule has 0 radical (unpaired) electrons. The molecular formula is C10H22O. The Labute approximate surface area is 70.8 Å². The Balaban J connectivity index is 3.98. The topological polar surface area (TPSA) is 20.2 Å². The first-order valence-electron chi connectivity index (χ1n) is 4.62. The summed E-state index contributed by atoms with van der Waals surface area (Å²) in [4.78, 5) is 0. The lowest BCUT2D eigenvalue weighted by atomic mass is 9.82. The highest BCUT2D eigenvalue weighted by molar-refractivity contribution is 4.79. The Morgan fingerprint density at radius 1 is 1.27 bits per heavy atom. The quantitative estimate of drug-likeness (QED) is 0.667. The molecule has 0 fully saturated rings. The van der Waals surface area contributed by atoms with Gasteiger partial charge in [-0.2, -0.15) is 0 Å². The molecule has 0 rings (SSSR count). The highest BCUT2D eigenvalue weighted by atomic mass is 16.3. The Bertz CT molecular complexity index is 105. The van der Waals surface area contributed by atoms with Gasteiger partial charge in [0, 0.05) is 0 Å². The van der Waals surface area contributed by atoms with Crippen molar-refractivity contribution in [1.29, 1.82) is 0 Å². The van der Waals surface area contributed by atoms with Gasteiger partial charge in [-0.05, 0) is 25.2 Å². The van der Waals surface area contributed by atoms with Gasteiger partial charge in [0.05, 0.1) is 5.60 Å². The van der Waals surface area contributed by atoms with Gasteiger partial charge in [-0.25, -0.2) is 0 Å². The highest BCUT2D eigenvalue weighted by Crippen LogP contribution is 2.26. The molecule has 0 aliphatic rings. The van der Waals surface area contributed by atoms with Crippen molar-refractivity contribution in [2.75, 3.05) is 0 Å². The van der Waals surface area contributed by atoms with E-state index in [1.54, 1.807) is 0 Å². The number of hydrogen-bond acceptors (Lipinski definition) is 1. The Kier molecular flexibility index (Phi) is 4.09. The van der Waals surface area contributed by atoms with Gasteiger partial charge in [0.25, 0.3) is 0 Å². The van der Waals surface area contributed by atoms with Gasteiger partial charge >= 0.3 is 0 Å². The van der Waals surface area contributed by atoms with Gasteiger partial charge in [-0.1, -0.05) is 34.1 Å². The van der Waals surface area contributed by atoms with E-state index in [0.29, 0.717) is 11.8 Å². The largest absolute Gasteiger partial charge is 0.390 e. The molecule has 0 bridgehead atoms. The van der Waals surface area contributed by atoms with E-state index in [1.165, 1.54) is 0 Å². The van der Waals surface area contributed by atoms with Gasteiger partial charge in [0.2, 0.25) is 0 Å². The maximum Gasteiger partial charge on any atom is 0.0647 e. The van der Waals surface area contributed by atoms with Crippen LogP contribution in [0.1, 0.15) is 47.5 Å². The zero-order valence-electron chi connectivity index (χ0n) is 8.52. The molecule has 1 heteroatoms. The fourth-order valence-electron chi connectivity index (χ4n) is 1.47. The summed E-state index contributed by atoms with van der Waals surface area (Å²) in [5, 5.41) is 9.95. The monoisotopic (exact) mass is 158 g/mol. The van der Waals surface area contributed by atoms with Crippen LogP contribution in [-0.2, 0) is 0 Å². The predicted octanol–water partition coefficient (Wildman–Crippen LogP) is 2.83. The third kappa shape index (κ3) is 3.76. The second kappa shape index (κ2) is 4.10. The summed E-state index contributed by atoms with van der Waals surface area (Å²) in [6.07, 6.45) is 1.96. The van der Waals surface area contributed by atoms with Crippen LogP contribution in [0.3, 0.4) is 0 Å². The minimum absolute atomic E-state index is 0.407. The Morgan fingerprint density at radius 3 is 2.00 bits per heavy atom. The molecule has 0 heterocycles. The van der Waals surface area contributed by atoms with Gasteiger partial charge in [0.1, 0.15) is 0 Å². The Hall–Kier alpha value is -0.0400. The van der Waals surface area contributed by atoms with Crippen molar-refractivity contribution < 1.29 is 5.11 Å². The van der Waals surface area contributed by atoms with E-state index < -0.39 is 5.60 Å². The van der Waals surface area contributed by atoms with Crippen LogP contribution in [0.25, 0.3) is 0 Å². The second-order valence-corrected chi connectivity index (χ2v) is 4.26. The van der Waals surface area contributed by atoms with Crippen LogP contribution in [-0.4, -0.2) is 10.7 Å². The standard InChI is InChI=1S/C10H22O/c1-6-9(4)10(5,11)7-8(2)3/h8-9,11H,6-7H2,1-5H3. The molecule has 1 nitrogen and oxygen atoms in total. The summed E-state index contributed by atoms with van der Waals surface area (Å²) in [5.74, 6) is 0.990. The highest BCUT2D eigenvalue weighted by Gasteiger charge is 2.27. The van der Waals surface area contributed by atoms with E-state index >= 15 is 0 Å². The molecule has 2 unspecified atom stereocenters. The minimum Gasteiger partial charge on any atom is -0.390 e. The van der Waals surface area contributed by atoms with E-state index in [1.807, 2.05) is 6.92 Å². The summed E-state index contributed by atoms with van der Waals surface area (Å²) in [5.41, 5.74) is -0.469. The molecule has 0 aliphatic carbocycles. The van der Waals surface area contributed by atoms with Crippen molar-refractivity contribution >= 4 is 0 Å². The van der Waals surface area contributed by atoms with Gasteiger partial charge in [0.15, 0.2) is 0 Å². The van der Waals surface area contributed by atoms with Crippen molar-refractivity contribution in [1.82, 2.24) is 0 Å². The maximum absolute atomic E-state index is 9.95. The third-order valence-corrected chi connectivity index (χ3v) is 2.50. The summed E-state index contributed by atoms with van der Waals surface area (Å²) in [6.45, 7) is 10.5. The summed E-state index contributed by atoms with van der Waals surface area (Å²) in [6, 6.07) is 0. The lowest BCUT2D eigenvalue weighted by Crippen LogP contribution is -2.33. The first-order chi connectivity index (χ1) is 4.90. The fraction of sp³-hybridized carbons (Fsp3) is 1.00. The average Bonchev–Trinajstić information content (AvgIpc) is 1.83. The van der Waals surface area contributed by atoms with Crippen LogP contribution in [0, 0.1) is 11.8 Å². The van der Waals surface area contributed by atoms with Crippen LogP contribution in [0.2, 0.25) is 0 Å². The van der Waals surface area contributed by atoms with Crippen molar-refractivity contribution in [3.63, 3.8) is 0 Å². The maximum atomic E-state index is 9.95. The molecule has 11 heavy (non-hydrogen) atoms. The van der Waals surface area contributed by atoms with Crippen LogP contribution in [0.15, 0.2) is 0 Å². The van der Waals surface area contributed by atoms with Crippen molar-refractivity contribution in [2.24, 2.45) is 11.8 Å². The molecule has 0 aromatic rings. The predicted molar refractivity (Wildman–Crippen MR) is 49.5 cm³/mol. The molecule has 0 saturated heterocycles. The molecule has 2 atom stereocenters. The van der Waals surface area contributed by atoms with Crippen LogP contribution in [0.4, 0.5) is 0 Å². The third-order valence-electron chi connectivity index (χ3n) is 2.50. The minimum atomic E-state index is -0.469. The van der Waals surface area contributed by atoms with Crippen LogP contribution < -0.4 is 0 Å². The summed E-state index contributed by atoms with van der Waals surface area (Å²) < 4.78 is 0. The molecule has 0 aromatic heterocycles. The molecule has 0 saturated carbocycles. The second-order valence-electron chi connectivity index (χ2n) is 4.26. The van der Waals surface area contributed by atoms with Crippen LogP contribution >= 0.6 is 0 Å². The molecule has 0 aromatic carbocycles. The van der Waals surface area contributed by atoms with Crippen LogP contribution in [0.5, 0.6) is 0 Å². The lowest BCUT2D eigenvalue weighted by Gasteiger charge is -2.31. The molecule has 0 amide bonds. The van der Waals surface area contributed by atoms with E-state index in [4.69, 9.17) is 0 Å². The van der Waals surface area contributed by atoms with Crippen molar-refractivity contribution in [3.8, 4) is 0 Å². The molecule has 68 valence electrons. The SMILES string of the molecule is CCC(C)C(C)(O)CC(C)C. The van der Waals surface area contributed by atoms with Gasteiger partial charge < -0.3 is 5.11 Å². The molecular weight excluding hydrogens is 136 g/mol. The van der Waals surface area contributed by atoms with Gasteiger partial charge in [-0.15, -0.1) is 0 Å². The zero-order valence-corrected chi connectivity index (χ0v) is 8.52. The van der Waals surface area contributed by atoms with E-state index in [2.05, 4.69) is 27.7 Å². The van der Waals surface area contributed by atoms with Gasteiger partial charge in [-0.3, -0.25) is 0 Å². The van der Waals surface area contributed by atoms with E-state index in [9.17, 15) is 5.11 Å². The van der Waals surface area contributed by atoms with Crippen molar-refractivity contribution in [3.05, 3.63) is 0 Å². The summed E-state index contributed by atoms with van der Waals surface area (Å²) >= 11 is 0. The first-order valence-corrected chi connectivity index (χ1v) is 4.62. The average molecular weight is 158 g/mol. The Morgan fingerprint density at radius 2 is 1.73 bits per heavy atom. The number of hydrogen-bond donors (Lipinski definition) is 1. The lowest BCUT2D eigenvalue weighted by molar-refractivity contribution is -0.0134. The van der Waals surface area contributed by atoms with E-state index in [0.717, 1.165) is 12.8 Å². The molecule has 1 N–H and O–H groups in total. The molecule has 0 spiro atoms. The van der Waals surface area contributed by atoms with E-state index in [-0.39, 0.29) is 0 Å².